The van der Waals surface area contributed by atoms with Gasteiger partial charge >= 0.3 is 6.03 Å². The first-order valence-electron chi connectivity index (χ1n) is 8.30. The molecule has 5 heteroatoms. The van der Waals surface area contributed by atoms with Crippen LogP contribution in [0.1, 0.15) is 21.1 Å². The van der Waals surface area contributed by atoms with Crippen LogP contribution >= 0.6 is 11.3 Å². The van der Waals surface area contributed by atoms with Gasteiger partial charge < -0.3 is 10.6 Å². The predicted molar refractivity (Wildman–Crippen MR) is 103 cm³/mol. The van der Waals surface area contributed by atoms with E-state index in [4.69, 9.17) is 0 Å². The summed E-state index contributed by atoms with van der Waals surface area (Å²) in [5, 5.41) is 6.74. The lowest BCUT2D eigenvalue weighted by atomic mass is 10.1. The number of para-hydroxylation sites is 1. The smallest absolute Gasteiger partial charge is 0.319 e. The average molecular weight is 351 g/mol. The predicted octanol–water partition coefficient (Wildman–Crippen LogP) is 4.41. The molecule has 2 N–H and O–H groups in total. The van der Waals surface area contributed by atoms with Crippen LogP contribution in [0.15, 0.2) is 60.7 Å². The van der Waals surface area contributed by atoms with Gasteiger partial charge in [-0.05, 0) is 24.6 Å². The minimum atomic E-state index is -0.191. The minimum Gasteiger partial charge on any atom is -0.337 e. The average Bonchev–Trinajstić information content (AvgIpc) is 2.96. The highest BCUT2D eigenvalue weighted by Gasteiger charge is 2.09. The van der Waals surface area contributed by atoms with Crippen molar-refractivity contribution in [1.29, 1.82) is 0 Å². The molecule has 128 valence electrons. The van der Waals surface area contributed by atoms with Crippen LogP contribution in [0.5, 0.6) is 0 Å². The molecule has 0 saturated heterocycles. The summed E-state index contributed by atoms with van der Waals surface area (Å²) >= 11 is 1.73. The molecule has 3 rings (SSSR count). The standard InChI is InChI=1S/C20H21N3OS/c1-15-18(14-16-8-4-2-5-9-16)25-19(22-15)12-13-21-20(24)23-17-10-6-3-7-11-17/h2-11H,12-14H2,1H3,(H2,21,23,24). The Balaban J connectivity index is 1.49. The van der Waals surface area contributed by atoms with Crippen molar-refractivity contribution in [3.63, 3.8) is 0 Å². The van der Waals surface area contributed by atoms with Crippen LogP contribution in [0.4, 0.5) is 10.5 Å². The molecule has 0 atom stereocenters. The molecule has 1 heterocycles. The second kappa shape index (κ2) is 8.44. The van der Waals surface area contributed by atoms with Crippen molar-refractivity contribution in [3.8, 4) is 0 Å². The highest BCUT2D eigenvalue weighted by atomic mass is 32.1. The first kappa shape index (κ1) is 17.2. The number of benzene rings is 2. The molecule has 0 unspecified atom stereocenters. The molecule has 0 aliphatic rings. The van der Waals surface area contributed by atoms with Gasteiger partial charge in [-0.25, -0.2) is 9.78 Å². The molecule has 0 bridgehead atoms. The first-order valence-corrected chi connectivity index (χ1v) is 9.11. The fourth-order valence-electron chi connectivity index (χ4n) is 2.52. The van der Waals surface area contributed by atoms with Gasteiger partial charge in [0, 0.05) is 30.0 Å². The Hall–Kier alpha value is -2.66. The quantitative estimate of drug-likeness (QED) is 0.691. The summed E-state index contributed by atoms with van der Waals surface area (Å²) in [6.45, 7) is 2.62. The van der Waals surface area contributed by atoms with E-state index < -0.39 is 0 Å². The highest BCUT2D eigenvalue weighted by Crippen LogP contribution is 2.21. The lowest BCUT2D eigenvalue weighted by Gasteiger charge is -2.06. The van der Waals surface area contributed by atoms with E-state index >= 15 is 0 Å². The minimum absolute atomic E-state index is 0.191. The number of carbonyl (C=O) groups is 1. The summed E-state index contributed by atoms with van der Waals surface area (Å²) < 4.78 is 0. The van der Waals surface area contributed by atoms with Crippen molar-refractivity contribution in [1.82, 2.24) is 10.3 Å². The molecular weight excluding hydrogens is 330 g/mol. The molecule has 1 aromatic heterocycles. The third-order valence-corrected chi connectivity index (χ3v) is 5.02. The third kappa shape index (κ3) is 5.16. The van der Waals surface area contributed by atoms with Gasteiger partial charge in [-0.2, -0.15) is 0 Å². The van der Waals surface area contributed by atoms with Crippen LogP contribution in [-0.4, -0.2) is 17.6 Å². The summed E-state index contributed by atoms with van der Waals surface area (Å²) in [6, 6.07) is 19.6. The van der Waals surface area contributed by atoms with Crippen molar-refractivity contribution in [2.75, 3.05) is 11.9 Å². The van der Waals surface area contributed by atoms with Crippen LogP contribution < -0.4 is 10.6 Å². The van der Waals surface area contributed by atoms with E-state index in [1.165, 1.54) is 10.4 Å². The fraction of sp³-hybridized carbons (Fsp3) is 0.200. The van der Waals surface area contributed by atoms with E-state index in [9.17, 15) is 4.79 Å². The number of nitrogens with zero attached hydrogens (tertiary/aromatic N) is 1. The second-order valence-electron chi connectivity index (χ2n) is 5.78. The van der Waals surface area contributed by atoms with Gasteiger partial charge in [0.25, 0.3) is 0 Å². The zero-order valence-corrected chi connectivity index (χ0v) is 15.0. The maximum atomic E-state index is 11.9. The number of aromatic nitrogens is 1. The lowest BCUT2D eigenvalue weighted by Crippen LogP contribution is -2.30. The van der Waals surface area contributed by atoms with E-state index in [2.05, 4.69) is 39.9 Å². The maximum Gasteiger partial charge on any atom is 0.319 e. The number of aryl methyl sites for hydroxylation is 1. The number of rotatable bonds is 6. The molecule has 0 aliphatic heterocycles. The van der Waals surface area contributed by atoms with Crippen LogP contribution in [0.2, 0.25) is 0 Å². The summed E-state index contributed by atoms with van der Waals surface area (Å²) in [5.41, 5.74) is 3.16. The van der Waals surface area contributed by atoms with Gasteiger partial charge in [-0.3, -0.25) is 0 Å². The van der Waals surface area contributed by atoms with Gasteiger partial charge in [0.15, 0.2) is 0 Å². The number of anilines is 1. The normalized spacial score (nSPS) is 10.4. The summed E-state index contributed by atoms with van der Waals surface area (Å²) in [7, 11) is 0. The fourth-order valence-corrected chi connectivity index (χ4v) is 3.62. The van der Waals surface area contributed by atoms with Crippen molar-refractivity contribution in [2.45, 2.75) is 19.8 Å². The van der Waals surface area contributed by atoms with Crippen LogP contribution in [0, 0.1) is 6.92 Å². The van der Waals surface area contributed by atoms with Gasteiger partial charge in [-0.15, -0.1) is 11.3 Å². The largest absolute Gasteiger partial charge is 0.337 e. The molecule has 2 amide bonds. The lowest BCUT2D eigenvalue weighted by molar-refractivity contribution is 0.252. The summed E-state index contributed by atoms with van der Waals surface area (Å²) in [4.78, 5) is 17.8. The Kier molecular flexibility index (Phi) is 5.80. The van der Waals surface area contributed by atoms with Crippen molar-refractivity contribution >= 4 is 23.1 Å². The zero-order chi connectivity index (χ0) is 17.5. The van der Waals surface area contributed by atoms with Crippen LogP contribution in [-0.2, 0) is 12.8 Å². The first-order chi connectivity index (χ1) is 12.2. The SMILES string of the molecule is Cc1nc(CCNC(=O)Nc2ccccc2)sc1Cc1ccccc1. The Bertz CT molecular complexity index is 815. The third-order valence-electron chi connectivity index (χ3n) is 3.80. The van der Waals surface area contributed by atoms with Crippen molar-refractivity contribution in [2.24, 2.45) is 0 Å². The maximum absolute atomic E-state index is 11.9. The Morgan fingerprint density at radius 2 is 1.72 bits per heavy atom. The molecule has 0 spiro atoms. The second-order valence-corrected chi connectivity index (χ2v) is 6.94. The molecule has 0 fully saturated rings. The van der Waals surface area contributed by atoms with Crippen LogP contribution in [0.25, 0.3) is 0 Å². The molecule has 2 aromatic carbocycles. The van der Waals surface area contributed by atoms with Gasteiger partial charge in [0.05, 0.1) is 10.7 Å². The van der Waals surface area contributed by atoms with Gasteiger partial charge in [0.1, 0.15) is 0 Å². The van der Waals surface area contributed by atoms with E-state index in [-0.39, 0.29) is 6.03 Å². The monoisotopic (exact) mass is 351 g/mol. The number of thiazole rings is 1. The zero-order valence-electron chi connectivity index (χ0n) is 14.2. The molecule has 25 heavy (non-hydrogen) atoms. The van der Waals surface area contributed by atoms with Crippen molar-refractivity contribution in [3.05, 3.63) is 81.8 Å². The number of hydrogen-bond donors (Lipinski definition) is 2. The number of amides is 2. The molecular formula is C20H21N3OS. The summed E-state index contributed by atoms with van der Waals surface area (Å²) in [6.07, 6.45) is 1.65. The van der Waals surface area contributed by atoms with E-state index in [1.807, 2.05) is 43.3 Å². The number of carbonyl (C=O) groups excluding carboxylic acids is 1. The van der Waals surface area contributed by atoms with E-state index in [0.29, 0.717) is 6.54 Å². The van der Waals surface area contributed by atoms with Gasteiger partial charge in [-0.1, -0.05) is 48.5 Å². The molecule has 0 radical (unpaired) electrons. The number of urea groups is 1. The number of hydrogen-bond acceptors (Lipinski definition) is 3. The molecule has 3 aromatic rings. The molecule has 4 nitrogen and oxygen atoms in total. The Labute approximate surface area is 151 Å². The molecule has 0 saturated carbocycles. The molecule has 0 aliphatic carbocycles. The highest BCUT2D eigenvalue weighted by molar-refractivity contribution is 7.11. The Morgan fingerprint density at radius 1 is 1.04 bits per heavy atom. The number of nitrogens with one attached hydrogen (secondary N) is 2. The van der Waals surface area contributed by atoms with Crippen molar-refractivity contribution < 1.29 is 4.79 Å². The van der Waals surface area contributed by atoms with Crippen LogP contribution in [0.3, 0.4) is 0 Å². The Morgan fingerprint density at radius 3 is 2.44 bits per heavy atom. The van der Waals surface area contributed by atoms with Gasteiger partial charge in [0.2, 0.25) is 0 Å². The van der Waals surface area contributed by atoms with E-state index in [1.54, 1.807) is 11.3 Å². The van der Waals surface area contributed by atoms with E-state index in [0.717, 1.165) is 29.2 Å². The topological polar surface area (TPSA) is 54.0 Å². The summed E-state index contributed by atoms with van der Waals surface area (Å²) in [5.74, 6) is 0.